The Morgan fingerprint density at radius 3 is 2.25 bits per heavy atom. The molecule has 16 heavy (non-hydrogen) atoms. The number of sulfonamides is 1. The Morgan fingerprint density at radius 2 is 1.88 bits per heavy atom. The standard InChI is InChI=1S/C10H21NO4S/c1-6-7-16(13,14)11-8(2)9(12)15-10(3,4)5/h8,11H,6-7H2,1-5H3/t8-/m1/s1. The van der Waals surface area contributed by atoms with Crippen LogP contribution in [0.5, 0.6) is 0 Å². The van der Waals surface area contributed by atoms with Gasteiger partial charge < -0.3 is 4.74 Å². The molecule has 0 amide bonds. The second kappa shape index (κ2) is 5.63. The van der Waals surface area contributed by atoms with E-state index in [2.05, 4.69) is 4.72 Å². The van der Waals surface area contributed by atoms with Crippen molar-refractivity contribution in [1.29, 1.82) is 0 Å². The number of hydrogen-bond donors (Lipinski definition) is 1. The highest BCUT2D eigenvalue weighted by Crippen LogP contribution is 2.08. The molecule has 1 atom stereocenters. The van der Waals surface area contributed by atoms with Gasteiger partial charge in [0, 0.05) is 0 Å². The van der Waals surface area contributed by atoms with Gasteiger partial charge in [-0.05, 0) is 34.1 Å². The van der Waals surface area contributed by atoms with Crippen molar-refractivity contribution in [2.24, 2.45) is 0 Å². The van der Waals surface area contributed by atoms with Crippen molar-refractivity contribution < 1.29 is 17.9 Å². The third kappa shape index (κ3) is 6.79. The summed E-state index contributed by atoms with van der Waals surface area (Å²) in [7, 11) is -3.38. The summed E-state index contributed by atoms with van der Waals surface area (Å²) in [4.78, 5) is 11.5. The summed E-state index contributed by atoms with van der Waals surface area (Å²) in [6.07, 6.45) is 0.510. The summed E-state index contributed by atoms with van der Waals surface area (Å²) in [5.74, 6) is -0.549. The molecule has 0 aromatic carbocycles. The van der Waals surface area contributed by atoms with Crippen molar-refractivity contribution in [3.05, 3.63) is 0 Å². The van der Waals surface area contributed by atoms with Crippen molar-refractivity contribution >= 4 is 16.0 Å². The summed E-state index contributed by atoms with van der Waals surface area (Å²) in [6, 6.07) is -0.851. The van der Waals surface area contributed by atoms with Gasteiger partial charge >= 0.3 is 5.97 Å². The van der Waals surface area contributed by atoms with Crippen LogP contribution in [0.15, 0.2) is 0 Å². The van der Waals surface area contributed by atoms with Gasteiger partial charge in [0.25, 0.3) is 0 Å². The molecular formula is C10H21NO4S. The SMILES string of the molecule is CCCS(=O)(=O)N[C@H](C)C(=O)OC(C)(C)C. The highest BCUT2D eigenvalue weighted by atomic mass is 32.2. The number of ether oxygens (including phenoxy) is 1. The lowest BCUT2D eigenvalue weighted by molar-refractivity contribution is -0.156. The molecule has 0 saturated heterocycles. The molecule has 0 fully saturated rings. The fraction of sp³-hybridized carbons (Fsp3) is 0.900. The van der Waals surface area contributed by atoms with Crippen molar-refractivity contribution in [3.63, 3.8) is 0 Å². The lowest BCUT2D eigenvalue weighted by Gasteiger charge is -2.22. The Balaban J connectivity index is 4.37. The van der Waals surface area contributed by atoms with Crippen LogP contribution in [0, 0.1) is 0 Å². The fourth-order valence-corrected chi connectivity index (χ4v) is 2.33. The largest absolute Gasteiger partial charge is 0.459 e. The molecular weight excluding hydrogens is 230 g/mol. The van der Waals surface area contributed by atoms with Gasteiger partial charge in [0.15, 0.2) is 0 Å². The maximum absolute atomic E-state index is 11.5. The highest BCUT2D eigenvalue weighted by Gasteiger charge is 2.24. The van der Waals surface area contributed by atoms with Crippen molar-refractivity contribution in [2.75, 3.05) is 5.75 Å². The van der Waals surface area contributed by atoms with Crippen LogP contribution in [0.3, 0.4) is 0 Å². The number of hydrogen-bond acceptors (Lipinski definition) is 4. The first kappa shape index (κ1) is 15.4. The monoisotopic (exact) mass is 251 g/mol. The summed E-state index contributed by atoms with van der Waals surface area (Å²) in [5, 5.41) is 0. The van der Waals surface area contributed by atoms with Gasteiger partial charge in [-0.15, -0.1) is 0 Å². The van der Waals surface area contributed by atoms with Gasteiger partial charge in [0.05, 0.1) is 5.75 Å². The van der Waals surface area contributed by atoms with Crippen molar-refractivity contribution in [1.82, 2.24) is 4.72 Å². The molecule has 0 aliphatic rings. The topological polar surface area (TPSA) is 72.5 Å². The molecule has 0 saturated carbocycles. The summed E-state index contributed by atoms with van der Waals surface area (Å²) in [5.41, 5.74) is -0.610. The van der Waals surface area contributed by atoms with Crippen LogP contribution in [-0.4, -0.2) is 31.8 Å². The van der Waals surface area contributed by atoms with E-state index in [4.69, 9.17) is 4.74 Å². The highest BCUT2D eigenvalue weighted by molar-refractivity contribution is 7.89. The van der Waals surface area contributed by atoms with E-state index in [1.54, 1.807) is 27.7 Å². The van der Waals surface area contributed by atoms with Gasteiger partial charge in [-0.1, -0.05) is 6.92 Å². The quantitative estimate of drug-likeness (QED) is 0.741. The molecule has 96 valence electrons. The predicted octanol–water partition coefficient (Wildman–Crippen LogP) is 1.05. The third-order valence-electron chi connectivity index (χ3n) is 1.59. The average Bonchev–Trinajstić information content (AvgIpc) is 1.99. The van der Waals surface area contributed by atoms with E-state index < -0.39 is 27.6 Å². The van der Waals surface area contributed by atoms with Gasteiger partial charge in [0.1, 0.15) is 11.6 Å². The zero-order valence-electron chi connectivity index (χ0n) is 10.5. The molecule has 0 heterocycles. The summed E-state index contributed by atoms with van der Waals surface area (Å²) in [6.45, 7) is 8.44. The Bertz CT molecular complexity index is 329. The maximum Gasteiger partial charge on any atom is 0.324 e. The van der Waals surface area contributed by atoms with Crippen molar-refractivity contribution in [3.8, 4) is 0 Å². The Labute approximate surface area is 97.6 Å². The predicted molar refractivity (Wildman–Crippen MR) is 62.5 cm³/mol. The molecule has 0 aliphatic heterocycles. The lowest BCUT2D eigenvalue weighted by atomic mass is 10.2. The zero-order chi connectivity index (χ0) is 13.0. The van der Waals surface area contributed by atoms with Crippen LogP contribution in [0.4, 0.5) is 0 Å². The van der Waals surface area contributed by atoms with E-state index in [1.807, 2.05) is 0 Å². The molecule has 0 aromatic rings. The second-order valence-corrected chi connectivity index (χ2v) is 6.57. The van der Waals surface area contributed by atoms with E-state index in [1.165, 1.54) is 6.92 Å². The van der Waals surface area contributed by atoms with E-state index in [-0.39, 0.29) is 5.75 Å². The second-order valence-electron chi connectivity index (χ2n) is 4.69. The molecule has 0 aliphatic carbocycles. The number of nitrogens with one attached hydrogen (secondary N) is 1. The molecule has 1 N–H and O–H groups in total. The molecule has 0 aromatic heterocycles. The van der Waals surface area contributed by atoms with E-state index in [0.29, 0.717) is 6.42 Å². The van der Waals surface area contributed by atoms with Crippen LogP contribution in [-0.2, 0) is 19.6 Å². The summed E-state index contributed by atoms with van der Waals surface area (Å²) < 4.78 is 30.1. The Hall–Kier alpha value is -0.620. The van der Waals surface area contributed by atoms with Gasteiger partial charge in [-0.2, -0.15) is 0 Å². The van der Waals surface area contributed by atoms with Crippen molar-refractivity contribution in [2.45, 2.75) is 52.7 Å². The minimum atomic E-state index is -3.38. The van der Waals surface area contributed by atoms with Gasteiger partial charge in [-0.3, -0.25) is 4.79 Å². The molecule has 5 nitrogen and oxygen atoms in total. The van der Waals surface area contributed by atoms with Crippen LogP contribution in [0.25, 0.3) is 0 Å². The lowest BCUT2D eigenvalue weighted by Crippen LogP contribution is -2.42. The Morgan fingerprint density at radius 1 is 1.38 bits per heavy atom. The van der Waals surface area contributed by atoms with E-state index in [0.717, 1.165) is 0 Å². The molecule has 6 heteroatoms. The Kier molecular flexibility index (Phi) is 5.41. The minimum Gasteiger partial charge on any atom is -0.459 e. The molecule has 0 unspecified atom stereocenters. The maximum atomic E-state index is 11.5. The zero-order valence-corrected chi connectivity index (χ0v) is 11.3. The molecule has 0 radical (unpaired) electrons. The number of esters is 1. The van der Waals surface area contributed by atoms with Crippen LogP contribution < -0.4 is 4.72 Å². The molecule has 0 spiro atoms. The first-order chi connectivity index (χ1) is 7.07. The third-order valence-corrected chi connectivity index (χ3v) is 3.25. The molecule has 0 bridgehead atoms. The van der Waals surface area contributed by atoms with E-state index in [9.17, 15) is 13.2 Å². The minimum absolute atomic E-state index is 0.0140. The number of rotatable bonds is 5. The fourth-order valence-electron chi connectivity index (χ4n) is 1.04. The van der Waals surface area contributed by atoms with Crippen LogP contribution in [0.2, 0.25) is 0 Å². The number of carbonyl (C=O) groups is 1. The smallest absolute Gasteiger partial charge is 0.324 e. The van der Waals surface area contributed by atoms with E-state index >= 15 is 0 Å². The number of carbonyl (C=O) groups excluding carboxylic acids is 1. The summed E-state index contributed by atoms with van der Waals surface area (Å²) >= 11 is 0. The van der Waals surface area contributed by atoms with Crippen LogP contribution in [0.1, 0.15) is 41.0 Å². The normalized spacial score (nSPS) is 14.6. The first-order valence-corrected chi connectivity index (χ1v) is 6.95. The first-order valence-electron chi connectivity index (χ1n) is 5.30. The average molecular weight is 251 g/mol. The van der Waals surface area contributed by atoms with Gasteiger partial charge in [-0.25, -0.2) is 13.1 Å². The van der Waals surface area contributed by atoms with Crippen LogP contribution >= 0.6 is 0 Å². The van der Waals surface area contributed by atoms with Gasteiger partial charge in [0.2, 0.25) is 10.0 Å². The molecule has 0 rings (SSSR count).